The van der Waals surface area contributed by atoms with Gasteiger partial charge < -0.3 is 13.9 Å². The highest BCUT2D eigenvalue weighted by atomic mass is 32.2. The monoisotopic (exact) mass is 460 g/mol. The number of oxazole rings is 1. The van der Waals surface area contributed by atoms with Gasteiger partial charge in [-0.1, -0.05) is 23.9 Å². The predicted octanol–water partition coefficient (Wildman–Crippen LogP) is 4.39. The normalized spacial score (nSPS) is 22.2. The molecule has 1 saturated heterocycles. The molecule has 1 aliphatic heterocycles. The maximum Gasteiger partial charge on any atom is 0.202 e. The largest absolute Gasteiger partial charge is 0.440 e. The molecule has 0 bridgehead atoms. The van der Waals surface area contributed by atoms with Crippen LogP contribution in [0.15, 0.2) is 46.3 Å². The van der Waals surface area contributed by atoms with Crippen LogP contribution in [-0.4, -0.2) is 55.0 Å². The average molecular weight is 461 g/mol. The Morgan fingerprint density at radius 1 is 1.18 bits per heavy atom. The summed E-state index contributed by atoms with van der Waals surface area (Å²) in [6.45, 7) is 7.49. The van der Waals surface area contributed by atoms with Gasteiger partial charge >= 0.3 is 0 Å². The highest BCUT2D eigenvalue weighted by Gasteiger charge is 2.60. The molecule has 1 saturated carbocycles. The third-order valence-corrected chi connectivity index (χ3v) is 8.36. The van der Waals surface area contributed by atoms with Crippen LogP contribution >= 0.6 is 11.8 Å². The maximum atomic E-state index is 5.47. The first-order chi connectivity index (χ1) is 16.0. The van der Waals surface area contributed by atoms with Gasteiger partial charge in [-0.15, -0.1) is 10.2 Å². The summed E-state index contributed by atoms with van der Waals surface area (Å²) >= 11 is 1.76. The van der Waals surface area contributed by atoms with Crippen LogP contribution in [0, 0.1) is 19.8 Å². The molecule has 1 aromatic carbocycles. The van der Waals surface area contributed by atoms with E-state index >= 15 is 0 Å². The lowest BCUT2D eigenvalue weighted by molar-refractivity contribution is 0.299. The lowest BCUT2D eigenvalue weighted by Gasteiger charge is -2.21. The fourth-order valence-electron chi connectivity index (χ4n) is 5.35. The molecule has 2 atom stereocenters. The predicted molar refractivity (Wildman–Crippen MR) is 129 cm³/mol. The van der Waals surface area contributed by atoms with Crippen LogP contribution in [-0.2, 0) is 12.5 Å². The van der Waals surface area contributed by atoms with Crippen molar-refractivity contribution >= 4 is 22.7 Å². The Morgan fingerprint density at radius 3 is 2.94 bits per heavy atom. The van der Waals surface area contributed by atoms with Gasteiger partial charge in [0.05, 0.1) is 11.2 Å². The van der Waals surface area contributed by atoms with Crippen molar-refractivity contribution < 1.29 is 4.42 Å². The minimum absolute atomic E-state index is 0.361. The van der Waals surface area contributed by atoms with Crippen molar-refractivity contribution in [3.63, 3.8) is 0 Å². The molecule has 0 N–H and O–H groups in total. The number of piperidine rings is 1. The second-order valence-electron chi connectivity index (χ2n) is 9.49. The van der Waals surface area contributed by atoms with Gasteiger partial charge in [0.2, 0.25) is 5.82 Å². The third-order valence-electron chi connectivity index (χ3n) is 7.25. The smallest absolute Gasteiger partial charge is 0.202 e. The number of pyridine rings is 1. The van der Waals surface area contributed by atoms with Crippen molar-refractivity contribution in [1.29, 1.82) is 0 Å². The van der Waals surface area contributed by atoms with E-state index in [9.17, 15) is 0 Å². The molecule has 0 unspecified atom stereocenters. The fraction of sp³-hybridized carbons (Fsp3) is 0.440. The Hall–Kier alpha value is -2.71. The molecule has 4 heterocycles. The lowest BCUT2D eigenvalue weighted by atomic mass is 9.93. The van der Waals surface area contributed by atoms with Gasteiger partial charge in [0.1, 0.15) is 0 Å². The SMILES string of the molecule is Cc1ccc2cc([C@@]34C[C@@H]3CN(CCCSc3nnc(-c5ocnc5C)n3C)C4)ccc2n1. The Balaban J connectivity index is 1.05. The Morgan fingerprint density at radius 2 is 2.09 bits per heavy atom. The molecule has 8 heteroatoms. The van der Waals surface area contributed by atoms with Crippen LogP contribution in [0.4, 0.5) is 0 Å². The van der Waals surface area contributed by atoms with E-state index in [1.807, 2.05) is 18.5 Å². The summed E-state index contributed by atoms with van der Waals surface area (Å²) in [5, 5.41) is 10.8. The molecule has 0 radical (unpaired) electrons. The molecule has 0 spiro atoms. The van der Waals surface area contributed by atoms with Crippen molar-refractivity contribution in [3.8, 4) is 11.6 Å². The topological polar surface area (TPSA) is 72.9 Å². The quantitative estimate of drug-likeness (QED) is 0.299. The summed E-state index contributed by atoms with van der Waals surface area (Å²) < 4.78 is 7.47. The van der Waals surface area contributed by atoms with E-state index < -0.39 is 0 Å². The molecule has 3 aromatic heterocycles. The number of rotatable bonds is 7. The lowest BCUT2D eigenvalue weighted by Crippen LogP contribution is -2.27. The van der Waals surface area contributed by atoms with Crippen LogP contribution in [0.2, 0.25) is 0 Å². The highest BCUT2D eigenvalue weighted by Crippen LogP contribution is 2.59. The molecular formula is C25H28N6OS. The molecule has 6 rings (SSSR count). The number of aryl methyl sites for hydroxylation is 2. The van der Waals surface area contributed by atoms with Crippen LogP contribution in [0.25, 0.3) is 22.5 Å². The van der Waals surface area contributed by atoms with Gasteiger partial charge in [-0.05, 0) is 62.9 Å². The molecule has 1 aliphatic carbocycles. The number of likely N-dealkylation sites (tertiary alicyclic amines) is 1. The van der Waals surface area contributed by atoms with Gasteiger partial charge in [-0.25, -0.2) is 4.98 Å². The molecule has 2 fully saturated rings. The van der Waals surface area contributed by atoms with E-state index in [1.54, 1.807) is 11.8 Å². The van der Waals surface area contributed by atoms with Gasteiger partial charge in [0, 0.05) is 42.4 Å². The van der Waals surface area contributed by atoms with Crippen LogP contribution < -0.4 is 0 Å². The Kier molecular flexibility index (Phi) is 5.03. The van der Waals surface area contributed by atoms with Crippen molar-refractivity contribution in [2.75, 3.05) is 25.4 Å². The van der Waals surface area contributed by atoms with Crippen molar-refractivity contribution in [1.82, 2.24) is 29.6 Å². The number of aromatic nitrogens is 5. The molecule has 7 nitrogen and oxygen atoms in total. The number of fused-ring (bicyclic) bond motifs is 2. The average Bonchev–Trinajstić information content (AvgIpc) is 3.10. The Bertz CT molecular complexity index is 1330. The van der Waals surface area contributed by atoms with Gasteiger partial charge in [0.15, 0.2) is 17.3 Å². The summed E-state index contributed by atoms with van der Waals surface area (Å²) in [6, 6.07) is 11.2. The molecule has 0 amide bonds. The number of hydrogen-bond donors (Lipinski definition) is 0. The summed E-state index contributed by atoms with van der Waals surface area (Å²) in [7, 11) is 1.98. The number of benzene rings is 1. The van der Waals surface area contributed by atoms with Crippen LogP contribution in [0.1, 0.15) is 29.8 Å². The van der Waals surface area contributed by atoms with Crippen LogP contribution in [0.5, 0.6) is 0 Å². The van der Waals surface area contributed by atoms with Gasteiger partial charge in [0.25, 0.3) is 0 Å². The first kappa shape index (κ1) is 20.9. The van der Waals surface area contributed by atoms with E-state index in [0.29, 0.717) is 11.2 Å². The zero-order chi connectivity index (χ0) is 22.6. The zero-order valence-corrected chi connectivity index (χ0v) is 20.1. The maximum absolute atomic E-state index is 5.47. The first-order valence-electron chi connectivity index (χ1n) is 11.6. The van der Waals surface area contributed by atoms with E-state index in [2.05, 4.69) is 62.3 Å². The van der Waals surface area contributed by atoms with E-state index in [1.165, 1.54) is 36.9 Å². The van der Waals surface area contributed by atoms with Crippen molar-refractivity contribution in [2.45, 2.75) is 37.3 Å². The van der Waals surface area contributed by atoms with Gasteiger partial charge in [-0.2, -0.15) is 0 Å². The number of hydrogen-bond acceptors (Lipinski definition) is 7. The number of nitrogens with zero attached hydrogens (tertiary/aromatic N) is 6. The van der Waals surface area contributed by atoms with Crippen molar-refractivity contribution in [2.24, 2.45) is 13.0 Å². The second kappa shape index (κ2) is 7.95. The van der Waals surface area contributed by atoms with Gasteiger partial charge in [-0.3, -0.25) is 4.98 Å². The molecule has 2 aliphatic rings. The zero-order valence-electron chi connectivity index (χ0n) is 19.3. The fourth-order valence-corrected chi connectivity index (χ4v) is 6.18. The summed E-state index contributed by atoms with van der Waals surface area (Å²) in [5.41, 5.74) is 4.87. The van der Waals surface area contributed by atoms with E-state index in [4.69, 9.17) is 4.42 Å². The second-order valence-corrected chi connectivity index (χ2v) is 10.5. The van der Waals surface area contributed by atoms with E-state index in [-0.39, 0.29) is 0 Å². The molecule has 170 valence electrons. The third kappa shape index (κ3) is 3.65. The Labute approximate surface area is 197 Å². The summed E-state index contributed by atoms with van der Waals surface area (Å²) in [4.78, 5) is 11.5. The minimum atomic E-state index is 0.361. The van der Waals surface area contributed by atoms with E-state index in [0.717, 1.165) is 52.5 Å². The number of thioether (sulfide) groups is 1. The highest BCUT2D eigenvalue weighted by molar-refractivity contribution is 7.99. The molecule has 33 heavy (non-hydrogen) atoms. The standard InChI is InChI=1S/C25H28N6OS/c1-16-5-6-18-11-19(7-8-21(18)27-16)25-12-20(25)13-31(14-25)9-4-10-33-24-29-28-23(30(24)3)22-17(2)26-15-32-22/h5-8,11,15,20H,4,9-10,12-14H2,1-3H3/t20-,25+/m1/s1. The first-order valence-corrected chi connectivity index (χ1v) is 12.5. The van der Waals surface area contributed by atoms with Crippen molar-refractivity contribution in [3.05, 3.63) is 53.7 Å². The minimum Gasteiger partial charge on any atom is -0.440 e. The van der Waals surface area contributed by atoms with Crippen LogP contribution in [0.3, 0.4) is 0 Å². The molecular weight excluding hydrogens is 432 g/mol. The summed E-state index contributed by atoms with van der Waals surface area (Å²) in [5.74, 6) is 3.25. The summed E-state index contributed by atoms with van der Waals surface area (Å²) in [6.07, 6.45) is 3.92. The molecule has 4 aromatic rings.